The van der Waals surface area contributed by atoms with Crippen molar-refractivity contribution in [1.82, 2.24) is 10.3 Å². The predicted octanol–water partition coefficient (Wildman–Crippen LogP) is 2.83. The van der Waals surface area contributed by atoms with Gasteiger partial charge in [0, 0.05) is 17.5 Å². The van der Waals surface area contributed by atoms with Gasteiger partial charge in [0.15, 0.2) is 5.78 Å². The van der Waals surface area contributed by atoms with Crippen LogP contribution in [0.25, 0.3) is 0 Å². The summed E-state index contributed by atoms with van der Waals surface area (Å²) in [6, 6.07) is 3.93. The van der Waals surface area contributed by atoms with E-state index in [-0.39, 0.29) is 11.7 Å². The van der Waals surface area contributed by atoms with Crippen molar-refractivity contribution < 1.29 is 9.59 Å². The smallest absolute Gasteiger partial charge is 0.253 e. The number of amides is 1. The molecule has 19 heavy (non-hydrogen) atoms. The van der Waals surface area contributed by atoms with Crippen LogP contribution in [0.15, 0.2) is 17.5 Å². The summed E-state index contributed by atoms with van der Waals surface area (Å²) in [5.74, 6) is -0.204. The first kappa shape index (κ1) is 13.5. The Balaban J connectivity index is 2.17. The van der Waals surface area contributed by atoms with Gasteiger partial charge in [-0.2, -0.15) is 0 Å². The molecule has 0 saturated heterocycles. The molecule has 4 nitrogen and oxygen atoms in total. The van der Waals surface area contributed by atoms with Crippen molar-refractivity contribution in [3.63, 3.8) is 0 Å². The second kappa shape index (κ2) is 5.40. The summed E-state index contributed by atoms with van der Waals surface area (Å²) in [5, 5.41) is 4.85. The lowest BCUT2D eigenvalue weighted by atomic mass is 10.1. The van der Waals surface area contributed by atoms with E-state index in [4.69, 9.17) is 0 Å². The number of aromatic nitrogens is 1. The fourth-order valence-electron chi connectivity index (χ4n) is 2.11. The van der Waals surface area contributed by atoms with Crippen molar-refractivity contribution in [2.24, 2.45) is 0 Å². The molecule has 5 heteroatoms. The van der Waals surface area contributed by atoms with Gasteiger partial charge in [0.2, 0.25) is 0 Å². The normalized spacial score (nSPS) is 10.5. The van der Waals surface area contributed by atoms with Crippen LogP contribution >= 0.6 is 11.3 Å². The first-order chi connectivity index (χ1) is 9.00. The first-order valence-electron chi connectivity index (χ1n) is 6.01. The molecule has 0 unspecified atom stereocenters. The zero-order valence-electron chi connectivity index (χ0n) is 11.2. The van der Waals surface area contributed by atoms with Crippen LogP contribution in [0.1, 0.15) is 43.9 Å². The lowest BCUT2D eigenvalue weighted by Gasteiger charge is -2.04. The molecule has 2 heterocycles. The quantitative estimate of drug-likeness (QED) is 0.843. The number of aromatic amines is 1. The van der Waals surface area contributed by atoms with Crippen molar-refractivity contribution in [3.8, 4) is 0 Å². The highest BCUT2D eigenvalue weighted by atomic mass is 32.1. The first-order valence-corrected chi connectivity index (χ1v) is 6.89. The number of rotatable bonds is 4. The van der Waals surface area contributed by atoms with Crippen LogP contribution < -0.4 is 5.32 Å². The lowest BCUT2D eigenvalue weighted by Crippen LogP contribution is -2.23. The molecule has 0 fully saturated rings. The van der Waals surface area contributed by atoms with Gasteiger partial charge >= 0.3 is 0 Å². The largest absolute Gasteiger partial charge is 0.355 e. The number of hydrogen-bond donors (Lipinski definition) is 2. The monoisotopic (exact) mass is 276 g/mol. The van der Waals surface area contributed by atoms with Crippen LogP contribution in [0, 0.1) is 13.8 Å². The maximum atomic E-state index is 12.2. The summed E-state index contributed by atoms with van der Waals surface area (Å²) in [5.41, 5.74) is 2.53. The lowest BCUT2D eigenvalue weighted by molar-refractivity contribution is 0.0950. The van der Waals surface area contributed by atoms with Gasteiger partial charge in [0.05, 0.1) is 17.8 Å². The van der Waals surface area contributed by atoms with Crippen LogP contribution in [0.5, 0.6) is 0 Å². The van der Waals surface area contributed by atoms with Crippen molar-refractivity contribution in [2.75, 3.05) is 0 Å². The number of H-pyrrole nitrogens is 1. The van der Waals surface area contributed by atoms with Gasteiger partial charge in [-0.3, -0.25) is 9.59 Å². The van der Waals surface area contributed by atoms with Crippen LogP contribution in [0.3, 0.4) is 0 Å². The Morgan fingerprint density at radius 3 is 2.63 bits per heavy atom. The van der Waals surface area contributed by atoms with Crippen molar-refractivity contribution in [1.29, 1.82) is 0 Å². The summed E-state index contributed by atoms with van der Waals surface area (Å²) < 4.78 is 0. The average molecular weight is 276 g/mol. The maximum absolute atomic E-state index is 12.2. The minimum absolute atomic E-state index is 0.0575. The van der Waals surface area contributed by atoms with Gasteiger partial charge < -0.3 is 10.3 Å². The van der Waals surface area contributed by atoms with Crippen LogP contribution in [0.4, 0.5) is 0 Å². The molecular weight excluding hydrogens is 260 g/mol. The summed E-state index contributed by atoms with van der Waals surface area (Å²) in [6.07, 6.45) is 0. The van der Waals surface area contributed by atoms with Crippen molar-refractivity contribution in [3.05, 3.63) is 44.9 Å². The predicted molar refractivity (Wildman–Crippen MR) is 75.8 cm³/mol. The molecule has 0 spiro atoms. The Bertz CT molecular complexity index is 612. The molecule has 0 atom stereocenters. The molecule has 0 aromatic carbocycles. The molecule has 0 aliphatic heterocycles. The third-order valence-corrected chi connectivity index (χ3v) is 3.90. The van der Waals surface area contributed by atoms with E-state index in [0.717, 1.165) is 10.6 Å². The summed E-state index contributed by atoms with van der Waals surface area (Å²) in [4.78, 5) is 27.7. The Kier molecular flexibility index (Phi) is 3.85. The molecule has 0 radical (unpaired) electrons. The van der Waals surface area contributed by atoms with Gasteiger partial charge in [0.1, 0.15) is 0 Å². The van der Waals surface area contributed by atoms with E-state index in [1.54, 1.807) is 25.2 Å². The Morgan fingerprint density at radius 2 is 2.11 bits per heavy atom. The number of nitrogens with one attached hydrogen (secondary N) is 2. The van der Waals surface area contributed by atoms with Gasteiger partial charge in [-0.25, -0.2) is 0 Å². The number of ketones is 1. The van der Waals surface area contributed by atoms with E-state index in [9.17, 15) is 9.59 Å². The highest BCUT2D eigenvalue weighted by Gasteiger charge is 2.19. The molecule has 0 saturated carbocycles. The fraction of sp³-hybridized carbons (Fsp3) is 0.286. The number of thiophene rings is 1. The number of hydrogen-bond acceptors (Lipinski definition) is 3. The average Bonchev–Trinajstić information content (AvgIpc) is 2.94. The number of carbonyl (C=O) groups is 2. The number of Topliss-reactive ketones (excluding diaryl/α,β-unsaturated/α-hetero) is 1. The molecule has 2 aromatic rings. The van der Waals surface area contributed by atoms with E-state index in [1.165, 1.54) is 6.92 Å². The summed E-state index contributed by atoms with van der Waals surface area (Å²) in [6.45, 7) is 5.60. The van der Waals surface area contributed by atoms with Gasteiger partial charge in [-0.1, -0.05) is 6.07 Å². The number of aryl methyl sites for hydroxylation is 1. The zero-order chi connectivity index (χ0) is 14.0. The van der Waals surface area contributed by atoms with Crippen LogP contribution in [0.2, 0.25) is 0 Å². The molecule has 2 N–H and O–H groups in total. The van der Waals surface area contributed by atoms with Gasteiger partial charge in [-0.15, -0.1) is 11.3 Å². The molecule has 2 rings (SSSR count). The highest BCUT2D eigenvalue weighted by Crippen LogP contribution is 2.18. The zero-order valence-corrected chi connectivity index (χ0v) is 12.0. The van der Waals surface area contributed by atoms with Crippen LogP contribution in [-0.4, -0.2) is 16.7 Å². The molecular formula is C14H16N2O2S. The minimum atomic E-state index is -0.146. The summed E-state index contributed by atoms with van der Waals surface area (Å²) in [7, 11) is 0. The van der Waals surface area contributed by atoms with E-state index >= 15 is 0 Å². The fourth-order valence-corrected chi connectivity index (χ4v) is 2.76. The van der Waals surface area contributed by atoms with E-state index in [1.807, 2.05) is 17.5 Å². The van der Waals surface area contributed by atoms with E-state index in [2.05, 4.69) is 10.3 Å². The second-order valence-electron chi connectivity index (χ2n) is 4.44. The summed E-state index contributed by atoms with van der Waals surface area (Å²) >= 11 is 1.60. The van der Waals surface area contributed by atoms with Crippen molar-refractivity contribution in [2.45, 2.75) is 27.3 Å². The molecule has 0 bridgehead atoms. The maximum Gasteiger partial charge on any atom is 0.253 e. The molecule has 0 aliphatic carbocycles. The molecule has 2 aromatic heterocycles. The third kappa shape index (κ3) is 2.76. The highest BCUT2D eigenvalue weighted by molar-refractivity contribution is 7.09. The Hall–Kier alpha value is -1.88. The van der Waals surface area contributed by atoms with Gasteiger partial charge in [0.25, 0.3) is 5.91 Å². The molecule has 100 valence electrons. The topological polar surface area (TPSA) is 62.0 Å². The standard InChI is InChI=1S/C14H16N2O2S/c1-8-12(9(2)16-13(8)10(3)17)14(18)15-7-11-5-4-6-19-11/h4-6,16H,7H2,1-3H3,(H,15,18). The van der Waals surface area contributed by atoms with E-state index < -0.39 is 0 Å². The molecule has 1 amide bonds. The van der Waals surface area contributed by atoms with E-state index in [0.29, 0.717) is 23.4 Å². The minimum Gasteiger partial charge on any atom is -0.355 e. The van der Waals surface area contributed by atoms with Crippen molar-refractivity contribution >= 4 is 23.0 Å². The molecule has 0 aliphatic rings. The Labute approximate surface area is 115 Å². The third-order valence-electron chi connectivity index (χ3n) is 3.02. The SMILES string of the molecule is CC(=O)c1[nH]c(C)c(C(=O)NCc2cccs2)c1C. The second-order valence-corrected chi connectivity index (χ2v) is 5.48. The van der Waals surface area contributed by atoms with Crippen LogP contribution in [-0.2, 0) is 6.54 Å². The number of carbonyl (C=O) groups excluding carboxylic acids is 2. The Morgan fingerprint density at radius 1 is 1.37 bits per heavy atom. The van der Waals surface area contributed by atoms with Gasteiger partial charge in [-0.05, 0) is 30.9 Å².